The zero-order valence-corrected chi connectivity index (χ0v) is 11.4. The number of carbonyl (C=O) groups excluding carboxylic acids is 1. The number of carbonyl (C=O) groups is 1. The smallest absolute Gasteiger partial charge is 0.269 e. The Morgan fingerprint density at radius 1 is 1.24 bits per heavy atom. The maximum absolute atomic E-state index is 11.2. The molecule has 0 bridgehead atoms. The van der Waals surface area contributed by atoms with Crippen LogP contribution in [0.4, 0.5) is 5.69 Å². The number of nitro groups is 1. The topological polar surface area (TPSA) is 78.0 Å². The maximum atomic E-state index is 11.2. The summed E-state index contributed by atoms with van der Waals surface area (Å²) in [5.41, 5.74) is 1.86. The summed E-state index contributed by atoms with van der Waals surface area (Å²) in [6.45, 7) is 0. The fraction of sp³-hybridized carbons (Fsp3) is 0.333. The van der Waals surface area contributed by atoms with Gasteiger partial charge in [-0.1, -0.05) is 12.8 Å². The lowest BCUT2D eigenvalue weighted by Gasteiger charge is -2.08. The molecular formula is C15H15N3O3. The van der Waals surface area contributed by atoms with Gasteiger partial charge in [0, 0.05) is 23.9 Å². The van der Waals surface area contributed by atoms with E-state index < -0.39 is 4.92 Å². The number of hydrogen-bond acceptors (Lipinski definition) is 4. The minimum Gasteiger partial charge on any atom is -0.298 e. The second-order valence-electron chi connectivity index (χ2n) is 5.27. The second-order valence-corrected chi connectivity index (χ2v) is 5.27. The van der Waals surface area contributed by atoms with Crippen molar-refractivity contribution in [1.29, 1.82) is 0 Å². The third-order valence-corrected chi connectivity index (χ3v) is 3.94. The first-order chi connectivity index (χ1) is 10.2. The van der Waals surface area contributed by atoms with Gasteiger partial charge in [0.1, 0.15) is 5.69 Å². The molecular weight excluding hydrogens is 270 g/mol. The monoisotopic (exact) mass is 285 g/mol. The molecule has 6 heteroatoms. The molecule has 2 aromatic rings. The lowest BCUT2D eigenvalue weighted by atomic mass is 10.1. The molecule has 0 aliphatic heterocycles. The van der Waals surface area contributed by atoms with Crippen LogP contribution in [0.15, 0.2) is 30.5 Å². The van der Waals surface area contributed by atoms with E-state index in [1.54, 1.807) is 18.3 Å². The van der Waals surface area contributed by atoms with Crippen molar-refractivity contribution >= 4 is 12.0 Å². The van der Waals surface area contributed by atoms with E-state index in [0.29, 0.717) is 17.3 Å². The van der Waals surface area contributed by atoms with Gasteiger partial charge in [0.25, 0.3) is 5.69 Å². The summed E-state index contributed by atoms with van der Waals surface area (Å²) in [6.07, 6.45) is 7.11. The van der Waals surface area contributed by atoms with Crippen LogP contribution in [0.2, 0.25) is 0 Å². The Morgan fingerprint density at radius 3 is 2.48 bits per heavy atom. The zero-order valence-electron chi connectivity index (χ0n) is 11.4. The van der Waals surface area contributed by atoms with Crippen LogP contribution in [0.1, 0.15) is 42.1 Å². The fourth-order valence-corrected chi connectivity index (χ4v) is 2.81. The number of benzene rings is 1. The third-order valence-electron chi connectivity index (χ3n) is 3.94. The minimum absolute atomic E-state index is 0.0293. The first-order valence-corrected chi connectivity index (χ1v) is 6.98. The van der Waals surface area contributed by atoms with Crippen molar-refractivity contribution < 1.29 is 9.72 Å². The van der Waals surface area contributed by atoms with Crippen LogP contribution in [0, 0.1) is 10.1 Å². The summed E-state index contributed by atoms with van der Waals surface area (Å²) in [5.74, 6) is 0. The SMILES string of the molecule is O=Cc1cn(C2CCCC2)nc1-c1ccc([N+](=O)[O-])cc1. The van der Waals surface area contributed by atoms with E-state index in [1.165, 1.54) is 25.0 Å². The fourth-order valence-electron chi connectivity index (χ4n) is 2.81. The average molecular weight is 285 g/mol. The number of nitro benzene ring substituents is 1. The molecule has 1 aromatic heterocycles. The van der Waals surface area contributed by atoms with E-state index >= 15 is 0 Å². The molecule has 108 valence electrons. The molecule has 0 radical (unpaired) electrons. The minimum atomic E-state index is -0.443. The Hall–Kier alpha value is -2.50. The largest absolute Gasteiger partial charge is 0.298 e. The summed E-state index contributed by atoms with van der Waals surface area (Å²) in [4.78, 5) is 21.5. The molecule has 21 heavy (non-hydrogen) atoms. The highest BCUT2D eigenvalue weighted by Gasteiger charge is 2.20. The van der Waals surface area contributed by atoms with Gasteiger partial charge in [0.15, 0.2) is 6.29 Å². The van der Waals surface area contributed by atoms with Crippen LogP contribution in [0.25, 0.3) is 11.3 Å². The quantitative estimate of drug-likeness (QED) is 0.490. The Balaban J connectivity index is 1.96. The van der Waals surface area contributed by atoms with Crippen molar-refractivity contribution in [2.75, 3.05) is 0 Å². The molecule has 0 saturated heterocycles. The molecule has 6 nitrogen and oxygen atoms in total. The number of hydrogen-bond donors (Lipinski definition) is 0. The highest BCUT2D eigenvalue weighted by Crippen LogP contribution is 2.31. The second kappa shape index (κ2) is 5.47. The van der Waals surface area contributed by atoms with E-state index in [-0.39, 0.29) is 5.69 Å². The molecule has 0 atom stereocenters. The predicted molar refractivity (Wildman–Crippen MR) is 77.2 cm³/mol. The molecule has 1 heterocycles. The Morgan fingerprint density at radius 2 is 1.90 bits per heavy atom. The Kier molecular flexibility index (Phi) is 3.51. The normalized spacial score (nSPS) is 15.2. The summed E-state index contributed by atoms with van der Waals surface area (Å²) in [7, 11) is 0. The van der Waals surface area contributed by atoms with E-state index in [4.69, 9.17) is 0 Å². The van der Waals surface area contributed by atoms with Crippen LogP contribution in [-0.4, -0.2) is 21.0 Å². The number of aromatic nitrogens is 2. The summed E-state index contributed by atoms with van der Waals surface area (Å²) in [5, 5.41) is 15.2. The molecule has 1 aromatic carbocycles. The highest BCUT2D eigenvalue weighted by molar-refractivity contribution is 5.85. The Labute approximate surface area is 121 Å². The van der Waals surface area contributed by atoms with E-state index in [9.17, 15) is 14.9 Å². The van der Waals surface area contributed by atoms with Gasteiger partial charge in [-0.25, -0.2) is 0 Å². The maximum Gasteiger partial charge on any atom is 0.269 e. The lowest BCUT2D eigenvalue weighted by Crippen LogP contribution is -2.04. The molecule has 0 N–H and O–H groups in total. The van der Waals surface area contributed by atoms with Crippen LogP contribution in [0.5, 0.6) is 0 Å². The first-order valence-electron chi connectivity index (χ1n) is 6.98. The van der Waals surface area contributed by atoms with Gasteiger partial charge in [0.2, 0.25) is 0 Å². The third kappa shape index (κ3) is 2.56. The molecule has 0 spiro atoms. The summed E-state index contributed by atoms with van der Waals surface area (Å²) in [6, 6.07) is 6.48. The van der Waals surface area contributed by atoms with E-state index in [0.717, 1.165) is 24.7 Å². The average Bonchev–Trinajstić information content (AvgIpc) is 3.16. The van der Waals surface area contributed by atoms with Gasteiger partial charge < -0.3 is 0 Å². The molecule has 1 aliphatic carbocycles. The summed E-state index contributed by atoms with van der Waals surface area (Å²) < 4.78 is 1.87. The molecule has 0 amide bonds. The van der Waals surface area contributed by atoms with Gasteiger partial charge in [-0.05, 0) is 25.0 Å². The molecule has 3 rings (SSSR count). The predicted octanol–water partition coefficient (Wildman–Crippen LogP) is 3.39. The number of nitrogens with zero attached hydrogens (tertiary/aromatic N) is 3. The van der Waals surface area contributed by atoms with Gasteiger partial charge in [0.05, 0.1) is 16.5 Å². The lowest BCUT2D eigenvalue weighted by molar-refractivity contribution is -0.384. The molecule has 1 saturated carbocycles. The van der Waals surface area contributed by atoms with Crippen LogP contribution in [0.3, 0.4) is 0 Å². The number of non-ortho nitro benzene ring substituents is 1. The number of aldehydes is 1. The molecule has 1 fully saturated rings. The van der Waals surface area contributed by atoms with Crippen molar-refractivity contribution in [2.45, 2.75) is 31.7 Å². The van der Waals surface area contributed by atoms with Gasteiger partial charge >= 0.3 is 0 Å². The van der Waals surface area contributed by atoms with Gasteiger partial charge in [-0.15, -0.1) is 0 Å². The van der Waals surface area contributed by atoms with Crippen LogP contribution in [-0.2, 0) is 0 Å². The van der Waals surface area contributed by atoms with Crippen molar-refractivity contribution in [1.82, 2.24) is 9.78 Å². The molecule has 1 aliphatic rings. The standard InChI is InChI=1S/C15H15N3O3/c19-10-12-9-17(13-3-1-2-4-13)16-15(12)11-5-7-14(8-6-11)18(20)21/h5-10,13H,1-4H2. The zero-order chi connectivity index (χ0) is 14.8. The van der Waals surface area contributed by atoms with Crippen molar-refractivity contribution in [3.8, 4) is 11.3 Å². The van der Waals surface area contributed by atoms with Crippen molar-refractivity contribution in [3.63, 3.8) is 0 Å². The molecule has 0 unspecified atom stereocenters. The number of rotatable bonds is 4. The summed E-state index contributed by atoms with van der Waals surface area (Å²) >= 11 is 0. The van der Waals surface area contributed by atoms with E-state index in [1.807, 2.05) is 4.68 Å². The van der Waals surface area contributed by atoms with Gasteiger partial charge in [-0.3, -0.25) is 19.6 Å². The Bertz CT molecular complexity index is 670. The van der Waals surface area contributed by atoms with Gasteiger partial charge in [-0.2, -0.15) is 5.10 Å². The highest BCUT2D eigenvalue weighted by atomic mass is 16.6. The van der Waals surface area contributed by atoms with Crippen LogP contribution >= 0.6 is 0 Å². The van der Waals surface area contributed by atoms with Crippen LogP contribution < -0.4 is 0 Å². The van der Waals surface area contributed by atoms with E-state index in [2.05, 4.69) is 5.10 Å². The van der Waals surface area contributed by atoms with Crippen molar-refractivity contribution in [2.24, 2.45) is 0 Å². The first kappa shape index (κ1) is 13.5. The van der Waals surface area contributed by atoms with Crippen molar-refractivity contribution in [3.05, 3.63) is 46.1 Å².